The van der Waals surface area contributed by atoms with Crippen LogP contribution in [0.15, 0.2) is 18.7 Å². The van der Waals surface area contributed by atoms with Crippen LogP contribution in [0.2, 0.25) is 0 Å². The molecule has 6 rings (SSSR count). The fraction of sp³-hybridized carbons (Fsp3) is 0.769. The van der Waals surface area contributed by atoms with Crippen LogP contribution in [0.4, 0.5) is 0 Å². The Labute approximate surface area is 190 Å². The van der Waals surface area contributed by atoms with Gasteiger partial charge < -0.3 is 5.11 Å². The first-order chi connectivity index (χ1) is 15.3. The van der Waals surface area contributed by atoms with Crippen molar-refractivity contribution in [2.75, 3.05) is 0 Å². The number of fused-ring (bicyclic) bond motifs is 6. The maximum atomic E-state index is 13.5. The number of rotatable bonds is 3. The molecule has 0 radical (unpaired) electrons. The lowest BCUT2D eigenvalue weighted by atomic mass is 9.49. The average molecular weight is 437 g/mol. The van der Waals surface area contributed by atoms with Crippen molar-refractivity contribution in [2.24, 2.45) is 40.9 Å². The first-order valence-electron chi connectivity index (χ1n) is 12.7. The summed E-state index contributed by atoms with van der Waals surface area (Å²) in [6.07, 6.45) is 15.6. The van der Waals surface area contributed by atoms with Gasteiger partial charge in [0.15, 0.2) is 11.4 Å². The number of Topliss-reactive ketones (excluding diaryl/α,β-unsaturated/α-hetero) is 1. The first kappa shape index (κ1) is 20.8. The van der Waals surface area contributed by atoms with Gasteiger partial charge in [0, 0.05) is 18.3 Å². The van der Waals surface area contributed by atoms with Gasteiger partial charge in [0.05, 0.1) is 17.5 Å². The SMILES string of the molecule is CC12CC[C@H]3[C@@H](CC[C@@H]4C[C@](C)(O)CC[C@@H]43)[C@@H]1CC[C@@H]2C(=O)Cn1cc2cncnc2n1. The highest BCUT2D eigenvalue weighted by molar-refractivity contribution is 5.82. The van der Waals surface area contributed by atoms with E-state index in [0.717, 1.165) is 42.4 Å². The van der Waals surface area contributed by atoms with Crippen molar-refractivity contribution in [3.63, 3.8) is 0 Å². The van der Waals surface area contributed by atoms with E-state index in [4.69, 9.17) is 0 Å². The Hall–Kier alpha value is -1.82. The number of aromatic nitrogens is 4. The molecule has 0 amide bonds. The van der Waals surface area contributed by atoms with Crippen LogP contribution in [0.3, 0.4) is 0 Å². The molecule has 4 fully saturated rings. The van der Waals surface area contributed by atoms with Crippen LogP contribution >= 0.6 is 0 Å². The number of carbonyl (C=O) groups excluding carboxylic acids is 1. The van der Waals surface area contributed by atoms with Crippen molar-refractivity contribution in [1.29, 1.82) is 0 Å². The molecule has 0 spiro atoms. The van der Waals surface area contributed by atoms with E-state index >= 15 is 0 Å². The quantitative estimate of drug-likeness (QED) is 0.771. The van der Waals surface area contributed by atoms with Crippen molar-refractivity contribution < 1.29 is 9.90 Å². The van der Waals surface area contributed by atoms with Gasteiger partial charge in [0.25, 0.3) is 0 Å². The van der Waals surface area contributed by atoms with Gasteiger partial charge >= 0.3 is 0 Å². The van der Waals surface area contributed by atoms with Gasteiger partial charge in [-0.1, -0.05) is 6.92 Å². The molecule has 0 saturated heterocycles. The predicted molar refractivity (Wildman–Crippen MR) is 122 cm³/mol. The van der Waals surface area contributed by atoms with Crippen molar-refractivity contribution >= 4 is 16.8 Å². The van der Waals surface area contributed by atoms with Gasteiger partial charge in [-0.05, 0) is 99.7 Å². The van der Waals surface area contributed by atoms with Gasteiger partial charge in [-0.15, -0.1) is 0 Å². The molecule has 0 bridgehead atoms. The third-order valence-corrected chi connectivity index (χ3v) is 10.2. The minimum absolute atomic E-state index is 0.137. The smallest absolute Gasteiger partial charge is 0.184 e. The van der Waals surface area contributed by atoms with Gasteiger partial charge in [-0.3, -0.25) is 9.48 Å². The molecule has 4 aliphatic rings. The van der Waals surface area contributed by atoms with Crippen molar-refractivity contribution in [1.82, 2.24) is 19.7 Å². The molecule has 2 aromatic heterocycles. The first-order valence-corrected chi connectivity index (χ1v) is 12.7. The van der Waals surface area contributed by atoms with E-state index < -0.39 is 5.60 Å². The standard InChI is InChI=1S/C26H36N4O2/c1-25(32)9-7-18-16(11-25)3-4-20-19(18)8-10-26(2)21(20)5-6-22(26)23(31)14-30-13-17-12-27-15-28-24(17)29-30/h12-13,15-16,18-22,32H,3-11,14H2,1-2H3/t16-,18+,19-,20-,21+,22-,25-,26?/m1/s1. The van der Waals surface area contributed by atoms with Crippen LogP contribution in [0.25, 0.3) is 11.0 Å². The number of hydrogen-bond acceptors (Lipinski definition) is 5. The zero-order valence-electron chi connectivity index (χ0n) is 19.4. The minimum atomic E-state index is -0.453. The van der Waals surface area contributed by atoms with E-state index in [0.29, 0.717) is 29.8 Å². The third kappa shape index (κ3) is 3.24. The molecular weight excluding hydrogens is 400 g/mol. The molecule has 2 aromatic rings. The topological polar surface area (TPSA) is 80.9 Å². The fourth-order valence-corrected chi connectivity index (χ4v) is 8.78. The molecule has 0 aromatic carbocycles. The number of ketones is 1. The molecule has 1 N–H and O–H groups in total. The highest BCUT2D eigenvalue weighted by Crippen LogP contribution is 2.64. The van der Waals surface area contributed by atoms with E-state index in [2.05, 4.69) is 22.0 Å². The van der Waals surface area contributed by atoms with Gasteiger partial charge in [-0.2, -0.15) is 5.10 Å². The lowest BCUT2D eigenvalue weighted by molar-refractivity contribution is -0.133. The molecular formula is C26H36N4O2. The van der Waals surface area contributed by atoms with Crippen LogP contribution in [0.1, 0.15) is 71.6 Å². The molecule has 6 nitrogen and oxygen atoms in total. The predicted octanol–water partition coefficient (Wildman–Crippen LogP) is 4.42. The Morgan fingerprint density at radius 1 is 1.09 bits per heavy atom. The van der Waals surface area contributed by atoms with E-state index in [1.54, 1.807) is 10.9 Å². The third-order valence-electron chi connectivity index (χ3n) is 10.2. The maximum absolute atomic E-state index is 13.5. The summed E-state index contributed by atoms with van der Waals surface area (Å²) in [5, 5.41) is 16.0. The van der Waals surface area contributed by atoms with Crippen LogP contribution in [0.5, 0.6) is 0 Å². The Morgan fingerprint density at radius 2 is 1.94 bits per heavy atom. The fourth-order valence-electron chi connectivity index (χ4n) is 8.78. The van der Waals surface area contributed by atoms with Crippen molar-refractivity contribution in [2.45, 2.75) is 83.8 Å². The minimum Gasteiger partial charge on any atom is -0.390 e. The molecule has 2 heterocycles. The molecule has 0 aliphatic heterocycles. The largest absolute Gasteiger partial charge is 0.390 e. The highest BCUT2D eigenvalue weighted by atomic mass is 16.3. The molecule has 1 unspecified atom stereocenters. The second-order valence-corrected chi connectivity index (χ2v) is 11.9. The summed E-state index contributed by atoms with van der Waals surface area (Å²) in [5.74, 6) is 4.27. The van der Waals surface area contributed by atoms with Gasteiger partial charge in [0.2, 0.25) is 0 Å². The second kappa shape index (κ2) is 7.34. The normalized spacial score (nSPS) is 43.5. The van der Waals surface area contributed by atoms with Gasteiger partial charge in [0.1, 0.15) is 6.33 Å². The van der Waals surface area contributed by atoms with Gasteiger partial charge in [-0.25, -0.2) is 9.97 Å². The van der Waals surface area contributed by atoms with Crippen LogP contribution in [-0.4, -0.2) is 36.2 Å². The number of nitrogens with zero attached hydrogens (tertiary/aromatic N) is 4. The number of carbonyl (C=O) groups is 1. The van der Waals surface area contributed by atoms with E-state index in [9.17, 15) is 9.90 Å². The lowest BCUT2D eigenvalue weighted by Gasteiger charge is -2.56. The summed E-state index contributed by atoms with van der Waals surface area (Å²) < 4.78 is 1.77. The molecule has 4 saturated carbocycles. The summed E-state index contributed by atoms with van der Waals surface area (Å²) >= 11 is 0. The molecule has 4 aliphatic carbocycles. The molecule has 172 valence electrons. The van der Waals surface area contributed by atoms with Crippen LogP contribution in [0, 0.1) is 40.9 Å². The number of hydrogen-bond donors (Lipinski definition) is 1. The average Bonchev–Trinajstić information content (AvgIpc) is 3.32. The molecule has 8 atom stereocenters. The van der Waals surface area contributed by atoms with Crippen LogP contribution in [-0.2, 0) is 11.3 Å². The summed E-state index contributed by atoms with van der Waals surface area (Å²) in [6, 6.07) is 0. The zero-order valence-corrected chi connectivity index (χ0v) is 19.4. The van der Waals surface area contributed by atoms with Crippen molar-refractivity contribution in [3.8, 4) is 0 Å². The Balaban J connectivity index is 1.18. The molecule has 32 heavy (non-hydrogen) atoms. The Kier molecular flexibility index (Phi) is 4.76. The summed E-state index contributed by atoms with van der Waals surface area (Å²) in [5.41, 5.74) is 0.342. The van der Waals surface area contributed by atoms with E-state index in [1.807, 2.05) is 13.1 Å². The summed E-state index contributed by atoms with van der Waals surface area (Å²) in [7, 11) is 0. The number of aliphatic hydroxyl groups is 1. The molecule has 6 heteroatoms. The van der Waals surface area contributed by atoms with Crippen molar-refractivity contribution in [3.05, 3.63) is 18.7 Å². The van der Waals surface area contributed by atoms with E-state index in [1.165, 1.54) is 44.9 Å². The van der Waals surface area contributed by atoms with E-state index in [-0.39, 0.29) is 11.3 Å². The summed E-state index contributed by atoms with van der Waals surface area (Å²) in [6.45, 7) is 4.80. The lowest BCUT2D eigenvalue weighted by Crippen LogP contribution is -2.51. The monoisotopic (exact) mass is 436 g/mol. The highest BCUT2D eigenvalue weighted by Gasteiger charge is 2.58. The Morgan fingerprint density at radius 3 is 2.78 bits per heavy atom. The second-order valence-electron chi connectivity index (χ2n) is 11.9. The zero-order chi connectivity index (χ0) is 22.1. The maximum Gasteiger partial charge on any atom is 0.184 e. The summed E-state index contributed by atoms with van der Waals surface area (Å²) in [4.78, 5) is 21.7. The van der Waals surface area contributed by atoms with Crippen LogP contribution < -0.4 is 0 Å². The Bertz CT molecular complexity index is 999.